The molecule has 3 rings (SSSR count). The number of aromatic nitrogens is 1. The summed E-state index contributed by atoms with van der Waals surface area (Å²) in [5.41, 5.74) is 9.00. The van der Waals surface area contributed by atoms with Gasteiger partial charge in [-0.1, -0.05) is 0 Å². The zero-order valence-electron chi connectivity index (χ0n) is 17.4. The highest BCUT2D eigenvalue weighted by molar-refractivity contribution is 5.95. The number of carbonyl (C=O) groups is 2. The van der Waals surface area contributed by atoms with Crippen LogP contribution >= 0.6 is 0 Å². The normalized spacial score (nSPS) is 15.5. The Morgan fingerprint density at radius 2 is 1.90 bits per heavy atom. The Balaban J connectivity index is 1.59. The smallest absolute Gasteiger partial charge is 0.224 e. The van der Waals surface area contributed by atoms with Crippen LogP contribution in [0, 0.1) is 6.92 Å². The van der Waals surface area contributed by atoms with Gasteiger partial charge in [0.1, 0.15) is 0 Å². The standard InChI is InChI=1S/C22H31N5O2/c1-16-14-17(4-3-9-27-12-10-26(2)11-13-27)24-20-6-5-18(15-19(16)20)25-22(29)8-7-21(23)28/h5-6,14-15H,3-4,7-13H2,1-2H3,(H2,23,28)(H,25,29). The van der Waals surface area contributed by atoms with E-state index in [0.717, 1.165) is 67.7 Å². The number of aryl methyl sites for hydroxylation is 2. The number of hydrogen-bond acceptors (Lipinski definition) is 5. The van der Waals surface area contributed by atoms with Crippen LogP contribution in [0.2, 0.25) is 0 Å². The van der Waals surface area contributed by atoms with Crippen molar-refractivity contribution >= 4 is 28.4 Å². The predicted molar refractivity (Wildman–Crippen MR) is 116 cm³/mol. The van der Waals surface area contributed by atoms with Gasteiger partial charge in [-0.25, -0.2) is 0 Å². The van der Waals surface area contributed by atoms with E-state index in [2.05, 4.69) is 35.2 Å². The molecule has 2 aromatic rings. The monoisotopic (exact) mass is 397 g/mol. The van der Waals surface area contributed by atoms with Crippen molar-refractivity contribution in [3.8, 4) is 0 Å². The van der Waals surface area contributed by atoms with Gasteiger partial charge in [0.05, 0.1) is 5.52 Å². The number of rotatable bonds is 8. The molecule has 7 heteroatoms. The number of benzene rings is 1. The molecular weight excluding hydrogens is 366 g/mol. The van der Waals surface area contributed by atoms with E-state index in [-0.39, 0.29) is 18.7 Å². The molecule has 1 aliphatic heterocycles. The van der Waals surface area contributed by atoms with E-state index < -0.39 is 5.91 Å². The van der Waals surface area contributed by atoms with Crippen LogP contribution in [0.4, 0.5) is 5.69 Å². The molecule has 0 radical (unpaired) electrons. The van der Waals surface area contributed by atoms with Crippen LogP contribution in [-0.4, -0.2) is 66.4 Å². The van der Waals surface area contributed by atoms with Crippen LogP contribution in [0.1, 0.15) is 30.5 Å². The summed E-state index contributed by atoms with van der Waals surface area (Å²) in [6.07, 6.45) is 2.22. The molecule has 0 saturated carbocycles. The molecule has 0 spiro atoms. The minimum absolute atomic E-state index is 0.0531. The third-order valence-electron chi connectivity index (χ3n) is 5.45. The molecule has 156 valence electrons. The maximum Gasteiger partial charge on any atom is 0.224 e. The van der Waals surface area contributed by atoms with Crippen LogP contribution in [0.15, 0.2) is 24.3 Å². The van der Waals surface area contributed by atoms with Gasteiger partial charge in [-0.05, 0) is 63.2 Å². The lowest BCUT2D eigenvalue weighted by Gasteiger charge is -2.32. The summed E-state index contributed by atoms with van der Waals surface area (Å²) in [6, 6.07) is 7.87. The van der Waals surface area contributed by atoms with Crippen molar-refractivity contribution in [3.05, 3.63) is 35.5 Å². The lowest BCUT2D eigenvalue weighted by atomic mass is 10.1. The fourth-order valence-corrected chi connectivity index (χ4v) is 3.69. The molecule has 1 fully saturated rings. The third kappa shape index (κ3) is 6.24. The lowest BCUT2D eigenvalue weighted by molar-refractivity contribution is -0.122. The zero-order valence-corrected chi connectivity index (χ0v) is 17.4. The van der Waals surface area contributed by atoms with Crippen LogP contribution in [0.3, 0.4) is 0 Å². The van der Waals surface area contributed by atoms with Gasteiger partial charge in [0.15, 0.2) is 0 Å². The number of pyridine rings is 1. The van der Waals surface area contributed by atoms with Gasteiger partial charge < -0.3 is 20.9 Å². The molecule has 0 bridgehead atoms. The summed E-state index contributed by atoms with van der Waals surface area (Å²) in [5, 5.41) is 3.85. The van der Waals surface area contributed by atoms with E-state index in [0.29, 0.717) is 5.69 Å². The Hall–Kier alpha value is -2.51. The highest BCUT2D eigenvalue weighted by Crippen LogP contribution is 2.23. The minimum Gasteiger partial charge on any atom is -0.370 e. The number of piperazine rings is 1. The van der Waals surface area contributed by atoms with E-state index >= 15 is 0 Å². The summed E-state index contributed by atoms with van der Waals surface area (Å²) in [7, 11) is 2.18. The lowest BCUT2D eigenvalue weighted by Crippen LogP contribution is -2.44. The number of nitrogens with one attached hydrogen (secondary N) is 1. The van der Waals surface area contributed by atoms with Gasteiger partial charge in [0.2, 0.25) is 11.8 Å². The Labute approximate surface area is 172 Å². The number of likely N-dealkylation sites (N-methyl/N-ethyl adjacent to an activating group) is 1. The molecule has 1 aliphatic rings. The van der Waals surface area contributed by atoms with Gasteiger partial charge in [0, 0.05) is 55.8 Å². The number of hydrogen-bond donors (Lipinski definition) is 2. The van der Waals surface area contributed by atoms with Gasteiger partial charge in [0.25, 0.3) is 0 Å². The van der Waals surface area contributed by atoms with E-state index in [4.69, 9.17) is 10.7 Å². The first-order valence-electron chi connectivity index (χ1n) is 10.3. The molecule has 2 amide bonds. The SMILES string of the molecule is Cc1cc(CCCN2CCN(C)CC2)nc2ccc(NC(=O)CCC(N)=O)cc12. The molecule has 1 aromatic heterocycles. The summed E-state index contributed by atoms with van der Waals surface area (Å²) < 4.78 is 0. The number of fused-ring (bicyclic) bond motifs is 1. The maximum atomic E-state index is 11.9. The summed E-state index contributed by atoms with van der Waals surface area (Å²) in [4.78, 5) is 32.4. The van der Waals surface area contributed by atoms with E-state index in [1.807, 2.05) is 18.2 Å². The molecule has 0 unspecified atom stereocenters. The molecule has 7 nitrogen and oxygen atoms in total. The van der Waals surface area contributed by atoms with Crippen LogP contribution in [0.25, 0.3) is 10.9 Å². The third-order valence-corrected chi connectivity index (χ3v) is 5.45. The average Bonchev–Trinajstić information content (AvgIpc) is 2.68. The van der Waals surface area contributed by atoms with Gasteiger partial charge in [-0.3, -0.25) is 14.6 Å². The van der Waals surface area contributed by atoms with Gasteiger partial charge in [-0.2, -0.15) is 0 Å². The minimum atomic E-state index is -0.473. The summed E-state index contributed by atoms with van der Waals surface area (Å²) in [5.74, 6) is -0.687. The van der Waals surface area contributed by atoms with Crippen LogP contribution < -0.4 is 11.1 Å². The van der Waals surface area contributed by atoms with Crippen molar-refractivity contribution in [2.75, 3.05) is 45.1 Å². The van der Waals surface area contributed by atoms with Crippen molar-refractivity contribution in [1.82, 2.24) is 14.8 Å². The quantitative estimate of drug-likeness (QED) is 0.710. The van der Waals surface area contributed by atoms with Crippen molar-refractivity contribution in [1.29, 1.82) is 0 Å². The second kappa shape index (κ2) is 9.80. The summed E-state index contributed by atoms with van der Waals surface area (Å²) >= 11 is 0. The number of amides is 2. The first-order valence-corrected chi connectivity index (χ1v) is 10.3. The van der Waals surface area contributed by atoms with Crippen molar-refractivity contribution < 1.29 is 9.59 Å². The number of carbonyl (C=O) groups excluding carboxylic acids is 2. The second-order valence-corrected chi connectivity index (χ2v) is 7.93. The van der Waals surface area contributed by atoms with E-state index in [1.54, 1.807) is 0 Å². The fraction of sp³-hybridized carbons (Fsp3) is 0.500. The number of primary amides is 1. The topological polar surface area (TPSA) is 91.6 Å². The molecule has 1 aromatic carbocycles. The van der Waals surface area contributed by atoms with Crippen molar-refractivity contribution in [3.63, 3.8) is 0 Å². The highest BCUT2D eigenvalue weighted by atomic mass is 16.2. The Morgan fingerprint density at radius 1 is 1.14 bits per heavy atom. The molecule has 1 saturated heterocycles. The zero-order chi connectivity index (χ0) is 20.8. The van der Waals surface area contributed by atoms with Gasteiger partial charge in [-0.15, -0.1) is 0 Å². The number of nitrogens with two attached hydrogens (primary N) is 1. The van der Waals surface area contributed by atoms with Crippen molar-refractivity contribution in [2.45, 2.75) is 32.6 Å². The van der Waals surface area contributed by atoms with Crippen LogP contribution in [-0.2, 0) is 16.0 Å². The maximum absolute atomic E-state index is 11.9. The van der Waals surface area contributed by atoms with Crippen LogP contribution in [0.5, 0.6) is 0 Å². The summed E-state index contributed by atoms with van der Waals surface area (Å²) in [6.45, 7) is 7.78. The Bertz CT molecular complexity index is 875. The predicted octanol–water partition coefficient (Wildman–Crippen LogP) is 1.93. The first kappa shape index (κ1) is 21.2. The Morgan fingerprint density at radius 3 is 2.62 bits per heavy atom. The molecule has 3 N–H and O–H groups in total. The van der Waals surface area contributed by atoms with E-state index in [9.17, 15) is 9.59 Å². The first-order chi connectivity index (χ1) is 13.9. The molecule has 2 heterocycles. The molecular formula is C22H31N5O2. The second-order valence-electron chi connectivity index (χ2n) is 7.93. The molecule has 0 aliphatic carbocycles. The van der Waals surface area contributed by atoms with E-state index in [1.165, 1.54) is 0 Å². The number of nitrogens with zero attached hydrogens (tertiary/aromatic N) is 3. The molecule has 29 heavy (non-hydrogen) atoms. The largest absolute Gasteiger partial charge is 0.370 e. The highest BCUT2D eigenvalue weighted by Gasteiger charge is 2.13. The van der Waals surface area contributed by atoms with Crippen molar-refractivity contribution in [2.24, 2.45) is 5.73 Å². The fourth-order valence-electron chi connectivity index (χ4n) is 3.69. The Kier molecular flexibility index (Phi) is 7.17. The molecule has 0 atom stereocenters. The number of anilines is 1. The van der Waals surface area contributed by atoms with Gasteiger partial charge >= 0.3 is 0 Å². The average molecular weight is 398 g/mol.